The number of hydrogen-bond acceptors (Lipinski definition) is 2. The fourth-order valence-electron chi connectivity index (χ4n) is 1.03. The smallest absolute Gasteiger partial charge is 0.305 e. The number of aliphatic carboxylic acids is 1. The quantitative estimate of drug-likeness (QED) is 0.729. The molecule has 76 valence electrons. The topological polar surface area (TPSA) is 46.5 Å². The van der Waals surface area contributed by atoms with E-state index in [1.807, 2.05) is 31.2 Å². The Morgan fingerprint density at radius 2 is 2.00 bits per heavy atom. The molecule has 14 heavy (non-hydrogen) atoms. The zero-order chi connectivity index (χ0) is 10.4. The van der Waals surface area contributed by atoms with Gasteiger partial charge in [0.2, 0.25) is 0 Å². The second kappa shape index (κ2) is 5.40. The molecule has 0 amide bonds. The Bertz CT molecular complexity index is 290. The summed E-state index contributed by atoms with van der Waals surface area (Å²) in [5, 5.41) is 8.37. The van der Waals surface area contributed by atoms with Crippen LogP contribution in [0.5, 0.6) is 0 Å². The van der Waals surface area contributed by atoms with Gasteiger partial charge in [0.1, 0.15) is 0 Å². The van der Waals surface area contributed by atoms with Crippen LogP contribution in [0.1, 0.15) is 17.5 Å². The summed E-state index contributed by atoms with van der Waals surface area (Å²) in [4.78, 5) is 10.2. The molecule has 0 aliphatic rings. The standard InChI is InChI=1S/C11H14O3/c1-9-2-4-10(5-3-9)8-14-7-6-11(12)13/h2-5H,6-8H2,1H3,(H,12,13). The molecule has 0 fully saturated rings. The molecule has 1 rings (SSSR count). The van der Waals surface area contributed by atoms with E-state index in [2.05, 4.69) is 0 Å². The van der Waals surface area contributed by atoms with E-state index in [1.54, 1.807) is 0 Å². The van der Waals surface area contributed by atoms with Gasteiger partial charge in [-0.3, -0.25) is 4.79 Å². The van der Waals surface area contributed by atoms with Crippen LogP contribution in [0.3, 0.4) is 0 Å². The van der Waals surface area contributed by atoms with Crippen LogP contribution < -0.4 is 0 Å². The second-order valence-corrected chi connectivity index (χ2v) is 3.18. The summed E-state index contributed by atoms with van der Waals surface area (Å²) in [6, 6.07) is 7.98. The number of aryl methyl sites for hydroxylation is 1. The Morgan fingerprint density at radius 3 is 2.57 bits per heavy atom. The maximum absolute atomic E-state index is 10.2. The van der Waals surface area contributed by atoms with Crippen LogP contribution in [0, 0.1) is 6.92 Å². The van der Waals surface area contributed by atoms with Gasteiger partial charge in [-0.05, 0) is 12.5 Å². The number of carboxylic acid groups (broad SMARTS) is 1. The third kappa shape index (κ3) is 4.05. The van der Waals surface area contributed by atoms with Crippen LogP contribution in [-0.2, 0) is 16.1 Å². The molecule has 0 aromatic heterocycles. The van der Waals surface area contributed by atoms with Crippen LogP contribution >= 0.6 is 0 Å². The monoisotopic (exact) mass is 194 g/mol. The summed E-state index contributed by atoms with van der Waals surface area (Å²) in [7, 11) is 0. The zero-order valence-corrected chi connectivity index (χ0v) is 8.19. The molecule has 3 heteroatoms. The predicted octanol–water partition coefficient (Wildman–Crippen LogP) is 1.99. The molecule has 0 unspecified atom stereocenters. The molecule has 1 N–H and O–H groups in total. The predicted molar refractivity (Wildman–Crippen MR) is 53.1 cm³/mol. The molecule has 1 aromatic carbocycles. The van der Waals surface area contributed by atoms with Crippen LogP contribution in [-0.4, -0.2) is 17.7 Å². The van der Waals surface area contributed by atoms with Crippen molar-refractivity contribution in [1.29, 1.82) is 0 Å². The fraction of sp³-hybridized carbons (Fsp3) is 0.364. The highest BCUT2D eigenvalue weighted by Gasteiger charge is 1.97. The van der Waals surface area contributed by atoms with Gasteiger partial charge < -0.3 is 9.84 Å². The van der Waals surface area contributed by atoms with Crippen molar-refractivity contribution in [2.75, 3.05) is 6.61 Å². The number of carboxylic acids is 1. The van der Waals surface area contributed by atoms with Gasteiger partial charge in [0.05, 0.1) is 19.6 Å². The highest BCUT2D eigenvalue weighted by atomic mass is 16.5. The summed E-state index contributed by atoms with van der Waals surface area (Å²) < 4.78 is 5.19. The molecule has 0 heterocycles. The van der Waals surface area contributed by atoms with Gasteiger partial charge in [-0.15, -0.1) is 0 Å². The first-order chi connectivity index (χ1) is 6.68. The minimum absolute atomic E-state index is 0.0614. The molecular formula is C11H14O3. The Labute approximate surface area is 83.3 Å². The minimum Gasteiger partial charge on any atom is -0.481 e. The lowest BCUT2D eigenvalue weighted by Crippen LogP contribution is -2.02. The highest BCUT2D eigenvalue weighted by Crippen LogP contribution is 2.04. The SMILES string of the molecule is Cc1ccc(COCCC(=O)O)cc1. The molecule has 1 aromatic rings. The van der Waals surface area contributed by atoms with Gasteiger partial charge in [-0.1, -0.05) is 29.8 Å². The average molecular weight is 194 g/mol. The molecule has 0 saturated carbocycles. The molecule has 0 atom stereocenters. The molecule has 3 nitrogen and oxygen atoms in total. The van der Waals surface area contributed by atoms with Crippen LogP contribution in [0.2, 0.25) is 0 Å². The van der Waals surface area contributed by atoms with Gasteiger partial charge in [0.15, 0.2) is 0 Å². The maximum atomic E-state index is 10.2. The van der Waals surface area contributed by atoms with Crippen LogP contribution in [0.25, 0.3) is 0 Å². The molecule has 0 aliphatic carbocycles. The van der Waals surface area contributed by atoms with Crippen molar-refractivity contribution in [3.05, 3.63) is 35.4 Å². The molecule has 0 saturated heterocycles. The Morgan fingerprint density at radius 1 is 1.36 bits per heavy atom. The number of benzene rings is 1. The first kappa shape index (κ1) is 10.7. The van der Waals surface area contributed by atoms with Gasteiger partial charge in [-0.25, -0.2) is 0 Å². The van der Waals surface area contributed by atoms with Crippen molar-refractivity contribution >= 4 is 5.97 Å². The van der Waals surface area contributed by atoms with Crippen molar-refractivity contribution in [3.63, 3.8) is 0 Å². The van der Waals surface area contributed by atoms with E-state index < -0.39 is 5.97 Å². The first-order valence-electron chi connectivity index (χ1n) is 4.53. The van der Waals surface area contributed by atoms with E-state index in [1.165, 1.54) is 5.56 Å². The Balaban J connectivity index is 2.25. The highest BCUT2D eigenvalue weighted by molar-refractivity contribution is 5.66. The first-order valence-corrected chi connectivity index (χ1v) is 4.53. The molecule has 0 spiro atoms. The zero-order valence-electron chi connectivity index (χ0n) is 8.19. The summed E-state index contributed by atoms with van der Waals surface area (Å²) >= 11 is 0. The third-order valence-corrected chi connectivity index (χ3v) is 1.85. The summed E-state index contributed by atoms with van der Waals surface area (Å²) in [5.74, 6) is -0.825. The van der Waals surface area contributed by atoms with E-state index >= 15 is 0 Å². The van der Waals surface area contributed by atoms with E-state index in [0.29, 0.717) is 6.61 Å². The van der Waals surface area contributed by atoms with E-state index in [9.17, 15) is 4.79 Å². The third-order valence-electron chi connectivity index (χ3n) is 1.85. The maximum Gasteiger partial charge on any atom is 0.305 e. The normalized spacial score (nSPS) is 10.1. The van der Waals surface area contributed by atoms with Crippen molar-refractivity contribution < 1.29 is 14.6 Å². The number of carbonyl (C=O) groups is 1. The van der Waals surface area contributed by atoms with E-state index in [0.717, 1.165) is 5.56 Å². The lowest BCUT2D eigenvalue weighted by molar-refractivity contribution is -0.138. The number of ether oxygens (including phenoxy) is 1. The molecular weight excluding hydrogens is 180 g/mol. The van der Waals surface area contributed by atoms with E-state index in [-0.39, 0.29) is 13.0 Å². The Kier molecular flexibility index (Phi) is 4.13. The number of rotatable bonds is 5. The van der Waals surface area contributed by atoms with Crippen molar-refractivity contribution in [2.45, 2.75) is 20.0 Å². The molecule has 0 bridgehead atoms. The largest absolute Gasteiger partial charge is 0.481 e. The molecule has 0 aliphatic heterocycles. The van der Waals surface area contributed by atoms with E-state index in [4.69, 9.17) is 9.84 Å². The number of hydrogen-bond donors (Lipinski definition) is 1. The van der Waals surface area contributed by atoms with Crippen LogP contribution in [0.15, 0.2) is 24.3 Å². The second-order valence-electron chi connectivity index (χ2n) is 3.18. The average Bonchev–Trinajstić information content (AvgIpc) is 2.15. The van der Waals surface area contributed by atoms with Crippen molar-refractivity contribution in [2.24, 2.45) is 0 Å². The Hall–Kier alpha value is -1.35. The summed E-state index contributed by atoms with van der Waals surface area (Å²) in [6.45, 7) is 2.77. The van der Waals surface area contributed by atoms with Gasteiger partial charge in [0.25, 0.3) is 0 Å². The summed E-state index contributed by atoms with van der Waals surface area (Å²) in [6.07, 6.45) is 0.0614. The van der Waals surface area contributed by atoms with Crippen molar-refractivity contribution in [1.82, 2.24) is 0 Å². The van der Waals surface area contributed by atoms with Crippen LogP contribution in [0.4, 0.5) is 0 Å². The van der Waals surface area contributed by atoms with Crippen molar-refractivity contribution in [3.8, 4) is 0 Å². The fourth-order valence-corrected chi connectivity index (χ4v) is 1.03. The lowest BCUT2D eigenvalue weighted by atomic mass is 10.2. The lowest BCUT2D eigenvalue weighted by Gasteiger charge is -2.02. The summed E-state index contributed by atoms with van der Waals surface area (Å²) in [5.41, 5.74) is 2.28. The van der Waals surface area contributed by atoms with Gasteiger partial charge in [0, 0.05) is 0 Å². The minimum atomic E-state index is -0.825. The van der Waals surface area contributed by atoms with Gasteiger partial charge in [-0.2, -0.15) is 0 Å². The van der Waals surface area contributed by atoms with Gasteiger partial charge >= 0.3 is 5.97 Å². The molecule has 0 radical (unpaired) electrons.